The van der Waals surface area contributed by atoms with E-state index in [4.69, 9.17) is 0 Å². The van der Waals surface area contributed by atoms with Crippen LogP contribution in [-0.4, -0.2) is 25.5 Å². The summed E-state index contributed by atoms with van der Waals surface area (Å²) in [5, 5.41) is 12.6. The number of hydrogen-bond donors (Lipinski definition) is 1. The van der Waals surface area contributed by atoms with Gasteiger partial charge in [0.05, 0.1) is 22.5 Å². The molecule has 0 radical (unpaired) electrons. The molecule has 2 aromatic carbocycles. The lowest BCUT2D eigenvalue weighted by atomic mass is 10.1. The smallest absolute Gasteiger partial charge is 0.278 e. The molecule has 0 aliphatic carbocycles. The summed E-state index contributed by atoms with van der Waals surface area (Å²) in [7, 11) is 0. The summed E-state index contributed by atoms with van der Waals surface area (Å²) in [5.41, 5.74) is 5.27. The fraction of sp³-hybridized carbons (Fsp3) is 0.280. The number of carbonyl (C=O) groups is 1. The van der Waals surface area contributed by atoms with E-state index in [2.05, 4.69) is 15.5 Å². The number of fused-ring (bicyclic) bond motifs is 1. The number of hydrogen-bond acceptors (Lipinski definition) is 4. The van der Waals surface area contributed by atoms with Crippen LogP contribution in [-0.2, 0) is 4.79 Å². The lowest BCUT2D eigenvalue weighted by molar-refractivity contribution is -0.119. The van der Waals surface area contributed by atoms with Crippen molar-refractivity contribution in [1.82, 2.24) is 19.6 Å². The molecule has 164 valence electrons. The van der Waals surface area contributed by atoms with Gasteiger partial charge in [0.2, 0.25) is 5.91 Å². The molecule has 0 saturated heterocycles. The standard InChI is InChI=1S/C25H27N5O2/c1-6-21(24(31)26-19-13-15(2)12-16(3)14-19)30-25(32)22-18(5)29(20-10-8-7-9-11-20)28-23(22)17(4)27-30/h7-14,21H,6H2,1-5H3,(H,26,31). The zero-order valence-electron chi connectivity index (χ0n) is 19.0. The van der Waals surface area contributed by atoms with Crippen LogP contribution in [0.25, 0.3) is 16.6 Å². The monoisotopic (exact) mass is 429 g/mol. The molecule has 0 aliphatic heterocycles. The highest BCUT2D eigenvalue weighted by Crippen LogP contribution is 2.22. The van der Waals surface area contributed by atoms with Crippen LogP contribution < -0.4 is 10.9 Å². The Morgan fingerprint density at radius 1 is 1.00 bits per heavy atom. The average Bonchev–Trinajstić information content (AvgIpc) is 3.10. The van der Waals surface area contributed by atoms with Gasteiger partial charge in [-0.15, -0.1) is 0 Å². The number of benzene rings is 2. The molecule has 4 rings (SSSR count). The van der Waals surface area contributed by atoms with Gasteiger partial charge in [-0.2, -0.15) is 10.2 Å². The Balaban J connectivity index is 1.79. The van der Waals surface area contributed by atoms with E-state index in [1.807, 2.05) is 83.1 Å². The first-order chi connectivity index (χ1) is 15.3. The number of aryl methyl sites for hydroxylation is 4. The summed E-state index contributed by atoms with van der Waals surface area (Å²) < 4.78 is 3.06. The lowest BCUT2D eigenvalue weighted by Gasteiger charge is -2.18. The van der Waals surface area contributed by atoms with Gasteiger partial charge in [0.25, 0.3) is 5.56 Å². The molecule has 4 aromatic rings. The van der Waals surface area contributed by atoms with E-state index in [0.29, 0.717) is 28.7 Å². The van der Waals surface area contributed by atoms with Gasteiger partial charge in [-0.25, -0.2) is 9.36 Å². The third-order valence-electron chi connectivity index (χ3n) is 5.61. The van der Waals surface area contributed by atoms with Gasteiger partial charge in [0.15, 0.2) is 0 Å². The fourth-order valence-corrected chi connectivity index (χ4v) is 4.15. The van der Waals surface area contributed by atoms with E-state index in [1.165, 1.54) is 4.68 Å². The molecular weight excluding hydrogens is 402 g/mol. The van der Waals surface area contributed by atoms with Crippen LogP contribution in [0.2, 0.25) is 0 Å². The van der Waals surface area contributed by atoms with Crippen molar-refractivity contribution in [3.63, 3.8) is 0 Å². The van der Waals surface area contributed by atoms with Crippen molar-refractivity contribution < 1.29 is 4.79 Å². The summed E-state index contributed by atoms with van der Waals surface area (Å²) >= 11 is 0. The van der Waals surface area contributed by atoms with Crippen LogP contribution in [0.4, 0.5) is 5.69 Å². The van der Waals surface area contributed by atoms with Crippen molar-refractivity contribution >= 4 is 22.5 Å². The Morgan fingerprint density at radius 3 is 2.28 bits per heavy atom. The predicted octanol–water partition coefficient (Wildman–Crippen LogP) is 4.41. The number of carbonyl (C=O) groups excluding carboxylic acids is 1. The molecule has 7 nitrogen and oxygen atoms in total. The number of aromatic nitrogens is 4. The third-order valence-corrected chi connectivity index (χ3v) is 5.61. The maximum atomic E-state index is 13.5. The van der Waals surface area contributed by atoms with Gasteiger partial charge in [-0.05, 0) is 69.5 Å². The Bertz CT molecular complexity index is 1350. The molecule has 2 heterocycles. The fourth-order valence-electron chi connectivity index (χ4n) is 4.15. The first-order valence-electron chi connectivity index (χ1n) is 10.7. The second-order valence-electron chi connectivity index (χ2n) is 8.18. The minimum absolute atomic E-state index is 0.265. The largest absolute Gasteiger partial charge is 0.324 e. The number of nitrogens with one attached hydrogen (secondary N) is 1. The number of amides is 1. The Labute approximate surface area is 186 Å². The first-order valence-corrected chi connectivity index (χ1v) is 10.7. The van der Waals surface area contributed by atoms with Gasteiger partial charge in [-0.1, -0.05) is 31.2 Å². The molecule has 0 spiro atoms. The zero-order chi connectivity index (χ0) is 23.0. The first kappa shape index (κ1) is 21.5. The van der Waals surface area contributed by atoms with Crippen LogP contribution in [0.5, 0.6) is 0 Å². The zero-order valence-corrected chi connectivity index (χ0v) is 19.0. The van der Waals surface area contributed by atoms with Crippen LogP contribution in [0.3, 0.4) is 0 Å². The van der Waals surface area contributed by atoms with Gasteiger partial charge >= 0.3 is 0 Å². The highest BCUT2D eigenvalue weighted by atomic mass is 16.2. The normalized spacial score (nSPS) is 12.2. The van der Waals surface area contributed by atoms with E-state index in [-0.39, 0.29) is 11.5 Å². The highest BCUT2D eigenvalue weighted by molar-refractivity contribution is 5.94. The van der Waals surface area contributed by atoms with Gasteiger partial charge in [0, 0.05) is 5.69 Å². The van der Waals surface area contributed by atoms with Crippen molar-refractivity contribution in [3.8, 4) is 5.69 Å². The Hall–Kier alpha value is -3.74. The maximum Gasteiger partial charge on any atom is 0.278 e. The van der Waals surface area contributed by atoms with Crippen LogP contribution in [0.15, 0.2) is 53.3 Å². The second kappa shape index (κ2) is 8.42. The Morgan fingerprint density at radius 2 is 1.66 bits per heavy atom. The quantitative estimate of drug-likeness (QED) is 0.510. The van der Waals surface area contributed by atoms with Crippen LogP contribution in [0, 0.1) is 27.7 Å². The van der Waals surface area contributed by atoms with E-state index < -0.39 is 6.04 Å². The van der Waals surface area contributed by atoms with Gasteiger partial charge in [0.1, 0.15) is 11.6 Å². The van der Waals surface area contributed by atoms with E-state index >= 15 is 0 Å². The number of anilines is 1. The van der Waals surface area contributed by atoms with Crippen LogP contribution >= 0.6 is 0 Å². The van der Waals surface area contributed by atoms with Crippen molar-refractivity contribution in [2.24, 2.45) is 0 Å². The summed E-state index contributed by atoms with van der Waals surface area (Å²) in [4.78, 5) is 26.6. The topological polar surface area (TPSA) is 81.8 Å². The molecule has 1 amide bonds. The molecule has 0 bridgehead atoms. The number of nitrogens with zero attached hydrogens (tertiary/aromatic N) is 4. The molecule has 1 unspecified atom stereocenters. The Kier molecular flexibility index (Phi) is 5.65. The minimum atomic E-state index is -0.731. The van der Waals surface area contributed by atoms with E-state index in [0.717, 1.165) is 22.5 Å². The van der Waals surface area contributed by atoms with E-state index in [1.54, 1.807) is 4.68 Å². The molecule has 32 heavy (non-hydrogen) atoms. The predicted molar refractivity (Wildman–Crippen MR) is 126 cm³/mol. The SMILES string of the molecule is CCC(C(=O)Nc1cc(C)cc(C)c1)n1nc(C)c2nn(-c3ccccc3)c(C)c2c1=O. The second-order valence-corrected chi connectivity index (χ2v) is 8.18. The summed E-state index contributed by atoms with van der Waals surface area (Å²) in [5.74, 6) is -0.265. The lowest BCUT2D eigenvalue weighted by Crippen LogP contribution is -2.35. The number of para-hydroxylation sites is 1. The van der Waals surface area contributed by atoms with Crippen molar-refractivity contribution in [2.75, 3.05) is 5.32 Å². The molecule has 7 heteroatoms. The van der Waals surface area contributed by atoms with Crippen molar-refractivity contribution in [3.05, 3.63) is 81.4 Å². The minimum Gasteiger partial charge on any atom is -0.324 e. The van der Waals surface area contributed by atoms with Gasteiger partial charge in [-0.3, -0.25) is 9.59 Å². The molecule has 0 aliphatic rings. The molecule has 1 atom stereocenters. The molecule has 1 N–H and O–H groups in total. The number of rotatable bonds is 5. The average molecular weight is 430 g/mol. The maximum absolute atomic E-state index is 13.5. The molecule has 0 fully saturated rings. The molecular formula is C25H27N5O2. The van der Waals surface area contributed by atoms with Crippen LogP contribution in [0.1, 0.15) is 41.9 Å². The van der Waals surface area contributed by atoms with Gasteiger partial charge < -0.3 is 5.32 Å². The summed E-state index contributed by atoms with van der Waals surface area (Å²) in [6.45, 7) is 9.52. The van der Waals surface area contributed by atoms with Crippen molar-refractivity contribution in [1.29, 1.82) is 0 Å². The molecule has 0 saturated carbocycles. The highest BCUT2D eigenvalue weighted by Gasteiger charge is 2.25. The summed E-state index contributed by atoms with van der Waals surface area (Å²) in [6.07, 6.45) is 0.431. The van der Waals surface area contributed by atoms with E-state index in [9.17, 15) is 9.59 Å². The molecule has 2 aromatic heterocycles. The summed E-state index contributed by atoms with van der Waals surface area (Å²) in [6, 6.07) is 14.8. The third kappa shape index (κ3) is 3.82. The van der Waals surface area contributed by atoms with Crippen molar-refractivity contribution in [2.45, 2.75) is 47.1 Å².